The van der Waals surface area contributed by atoms with E-state index < -0.39 is 5.63 Å². The molecule has 0 aliphatic carbocycles. The van der Waals surface area contributed by atoms with E-state index in [1.165, 1.54) is 6.07 Å². The Morgan fingerprint density at radius 3 is 2.50 bits per heavy atom. The third-order valence-corrected chi connectivity index (χ3v) is 3.29. The van der Waals surface area contributed by atoms with Crippen LogP contribution >= 0.6 is 0 Å². The minimum Gasteiger partial charge on any atom is -0.461 e. The molecule has 0 fully saturated rings. The lowest BCUT2D eigenvalue weighted by Gasteiger charge is -2.10. The van der Waals surface area contributed by atoms with E-state index in [4.69, 9.17) is 9.15 Å². The Labute approximate surface area is 117 Å². The summed E-state index contributed by atoms with van der Waals surface area (Å²) < 4.78 is 10.4. The Morgan fingerprint density at radius 1 is 1.20 bits per heavy atom. The maximum atomic E-state index is 11.6. The molecule has 1 aromatic heterocycles. The van der Waals surface area contributed by atoms with Gasteiger partial charge in [-0.2, -0.15) is 0 Å². The molecule has 0 N–H and O–H groups in total. The van der Waals surface area contributed by atoms with Crippen molar-refractivity contribution in [3.63, 3.8) is 0 Å². The summed E-state index contributed by atoms with van der Waals surface area (Å²) in [4.78, 5) is 23.1. The lowest BCUT2D eigenvalue weighted by atomic mass is 10.0. The predicted octanol–water partition coefficient (Wildman–Crippen LogP) is 3.11. The summed E-state index contributed by atoms with van der Waals surface area (Å²) in [6.45, 7) is 7.58. The zero-order chi connectivity index (χ0) is 14.9. The molecule has 20 heavy (non-hydrogen) atoms. The lowest BCUT2D eigenvalue weighted by Crippen LogP contribution is -2.12. The average molecular weight is 274 g/mol. The number of hydrogen-bond donors (Lipinski definition) is 0. The summed E-state index contributed by atoms with van der Waals surface area (Å²) in [5, 5.41) is 0.809. The second-order valence-electron chi connectivity index (χ2n) is 5.29. The molecule has 1 heterocycles. The lowest BCUT2D eigenvalue weighted by molar-refractivity contribution is -0.148. The van der Waals surface area contributed by atoms with Crippen LogP contribution in [0.2, 0.25) is 0 Å². The van der Waals surface area contributed by atoms with Gasteiger partial charge in [-0.05, 0) is 37.1 Å². The van der Waals surface area contributed by atoms with Crippen LogP contribution in [0.1, 0.15) is 30.5 Å². The number of hydrogen-bond acceptors (Lipinski definition) is 4. The molecule has 1 aromatic carbocycles. The number of rotatable bonds is 3. The topological polar surface area (TPSA) is 56.5 Å². The van der Waals surface area contributed by atoms with Gasteiger partial charge in [-0.25, -0.2) is 4.79 Å². The van der Waals surface area contributed by atoms with Gasteiger partial charge in [0.15, 0.2) is 0 Å². The first-order valence-corrected chi connectivity index (χ1v) is 6.59. The van der Waals surface area contributed by atoms with E-state index in [-0.39, 0.29) is 18.5 Å². The minimum absolute atomic E-state index is 0.0849. The van der Waals surface area contributed by atoms with E-state index in [0.29, 0.717) is 11.1 Å². The monoisotopic (exact) mass is 274 g/mol. The molecule has 2 rings (SSSR count). The molecule has 0 aliphatic heterocycles. The van der Waals surface area contributed by atoms with Crippen molar-refractivity contribution >= 4 is 16.9 Å². The molecule has 0 atom stereocenters. The maximum absolute atomic E-state index is 11.6. The highest BCUT2D eigenvalue weighted by Gasteiger charge is 2.12. The summed E-state index contributed by atoms with van der Waals surface area (Å²) in [6, 6.07) is 5.16. The zero-order valence-electron chi connectivity index (χ0n) is 12.1. The number of benzene rings is 1. The van der Waals surface area contributed by atoms with E-state index in [1.54, 1.807) is 13.8 Å². The molecular formula is C16H18O4. The first kappa shape index (κ1) is 14.3. The fourth-order valence-corrected chi connectivity index (χ4v) is 1.92. The molecule has 106 valence electrons. The van der Waals surface area contributed by atoms with Crippen molar-refractivity contribution in [1.82, 2.24) is 0 Å². The molecule has 0 unspecified atom stereocenters. The molecule has 0 radical (unpaired) electrons. The summed E-state index contributed by atoms with van der Waals surface area (Å²) in [5.74, 6) is -0.472. The SMILES string of the molecule is Cc1cc2oc(=O)cc(COC(=O)C(C)C)c2cc1C. The second kappa shape index (κ2) is 5.49. The van der Waals surface area contributed by atoms with E-state index in [1.807, 2.05) is 26.0 Å². The first-order chi connectivity index (χ1) is 9.38. The van der Waals surface area contributed by atoms with Crippen LogP contribution < -0.4 is 5.63 Å². The molecular weight excluding hydrogens is 256 g/mol. The Kier molecular flexibility index (Phi) is 3.93. The van der Waals surface area contributed by atoms with Gasteiger partial charge in [0.2, 0.25) is 0 Å². The number of ether oxygens (including phenoxy) is 1. The minimum atomic E-state index is -0.434. The largest absolute Gasteiger partial charge is 0.461 e. The number of esters is 1. The van der Waals surface area contributed by atoms with Crippen LogP contribution in [0.5, 0.6) is 0 Å². The van der Waals surface area contributed by atoms with Crippen LogP contribution in [-0.2, 0) is 16.1 Å². The third kappa shape index (κ3) is 2.90. The molecule has 0 bridgehead atoms. The van der Waals surface area contributed by atoms with Gasteiger partial charge in [0.25, 0.3) is 0 Å². The smallest absolute Gasteiger partial charge is 0.336 e. The summed E-state index contributed by atoms with van der Waals surface area (Å²) in [7, 11) is 0. The molecule has 0 aliphatic rings. The highest BCUT2D eigenvalue weighted by atomic mass is 16.5. The van der Waals surface area contributed by atoms with E-state index >= 15 is 0 Å². The Bertz CT molecular complexity index is 710. The fourth-order valence-electron chi connectivity index (χ4n) is 1.92. The molecule has 0 spiro atoms. The van der Waals surface area contributed by atoms with Crippen molar-refractivity contribution in [3.8, 4) is 0 Å². The molecule has 0 amide bonds. The predicted molar refractivity (Wildman–Crippen MR) is 76.6 cm³/mol. The van der Waals surface area contributed by atoms with Crippen LogP contribution in [0.25, 0.3) is 11.0 Å². The van der Waals surface area contributed by atoms with Crippen LogP contribution in [0.3, 0.4) is 0 Å². The summed E-state index contributed by atoms with van der Waals surface area (Å²) in [5.41, 5.74) is 2.92. The number of carbonyl (C=O) groups excluding carboxylic acids is 1. The van der Waals surface area contributed by atoms with Gasteiger partial charge in [0.1, 0.15) is 12.2 Å². The van der Waals surface area contributed by atoms with Gasteiger partial charge in [-0.3, -0.25) is 4.79 Å². The quantitative estimate of drug-likeness (QED) is 0.637. The molecule has 4 nitrogen and oxygen atoms in total. The van der Waals surface area contributed by atoms with Gasteiger partial charge < -0.3 is 9.15 Å². The number of aryl methyl sites for hydroxylation is 2. The van der Waals surface area contributed by atoms with Crippen molar-refractivity contribution in [2.45, 2.75) is 34.3 Å². The van der Waals surface area contributed by atoms with Gasteiger partial charge in [-0.1, -0.05) is 13.8 Å². The molecule has 2 aromatic rings. The summed E-state index contributed by atoms with van der Waals surface area (Å²) >= 11 is 0. The highest BCUT2D eigenvalue weighted by Crippen LogP contribution is 2.22. The number of fused-ring (bicyclic) bond motifs is 1. The molecule has 4 heteroatoms. The maximum Gasteiger partial charge on any atom is 0.336 e. The van der Waals surface area contributed by atoms with Crippen molar-refractivity contribution in [2.24, 2.45) is 5.92 Å². The van der Waals surface area contributed by atoms with Gasteiger partial charge >= 0.3 is 11.6 Å². The third-order valence-electron chi connectivity index (χ3n) is 3.29. The summed E-state index contributed by atoms with van der Waals surface area (Å²) in [6.07, 6.45) is 0. The van der Waals surface area contributed by atoms with Gasteiger partial charge in [-0.15, -0.1) is 0 Å². The van der Waals surface area contributed by atoms with E-state index in [0.717, 1.165) is 16.5 Å². The van der Waals surface area contributed by atoms with Crippen molar-refractivity contribution in [3.05, 3.63) is 45.3 Å². The van der Waals surface area contributed by atoms with Crippen molar-refractivity contribution < 1.29 is 13.9 Å². The zero-order valence-corrected chi connectivity index (χ0v) is 12.1. The molecule has 0 saturated carbocycles. The Hall–Kier alpha value is -2.10. The second-order valence-corrected chi connectivity index (χ2v) is 5.29. The Balaban J connectivity index is 2.44. The Morgan fingerprint density at radius 2 is 1.85 bits per heavy atom. The molecule has 0 saturated heterocycles. The van der Waals surface area contributed by atoms with Crippen molar-refractivity contribution in [2.75, 3.05) is 0 Å². The van der Waals surface area contributed by atoms with Crippen LogP contribution in [0.4, 0.5) is 0 Å². The first-order valence-electron chi connectivity index (χ1n) is 6.59. The van der Waals surface area contributed by atoms with Crippen LogP contribution in [-0.4, -0.2) is 5.97 Å². The fraction of sp³-hybridized carbons (Fsp3) is 0.375. The van der Waals surface area contributed by atoms with Crippen LogP contribution in [0.15, 0.2) is 27.4 Å². The van der Waals surface area contributed by atoms with E-state index in [2.05, 4.69) is 0 Å². The average Bonchev–Trinajstić information content (AvgIpc) is 2.37. The highest BCUT2D eigenvalue weighted by molar-refractivity contribution is 5.82. The normalized spacial score (nSPS) is 11.1. The van der Waals surface area contributed by atoms with Gasteiger partial charge in [0.05, 0.1) is 5.92 Å². The number of carbonyl (C=O) groups is 1. The van der Waals surface area contributed by atoms with Crippen LogP contribution in [0, 0.1) is 19.8 Å². The van der Waals surface area contributed by atoms with E-state index in [9.17, 15) is 9.59 Å². The van der Waals surface area contributed by atoms with Gasteiger partial charge in [0, 0.05) is 17.0 Å². The van der Waals surface area contributed by atoms with Crippen molar-refractivity contribution in [1.29, 1.82) is 0 Å². The standard InChI is InChI=1S/C16H18O4/c1-9(2)16(18)19-8-12-7-15(17)20-14-6-11(4)10(3)5-13(12)14/h5-7,9H,8H2,1-4H3.